The molecule has 3 unspecified atom stereocenters. The molecular weight excluding hydrogens is 614 g/mol. The molecular formula is C26H35B3FN3O13. The summed E-state index contributed by atoms with van der Waals surface area (Å²) in [6.45, 7) is 2.83. The predicted molar refractivity (Wildman–Crippen MR) is 163 cm³/mol. The van der Waals surface area contributed by atoms with Crippen LogP contribution in [0.15, 0.2) is 34.9 Å². The molecule has 0 spiro atoms. The third-order valence-electron chi connectivity index (χ3n) is 8.20. The topological polar surface area (TPSA) is 250 Å². The Bertz CT molecular complexity index is 1480. The first-order valence-electron chi connectivity index (χ1n) is 13.9. The Hall–Kier alpha value is -4.23. The standard InChI is InChI=1S/C26H35B3FN3O13/c1-11(27)17(35)15-12(8-33(21(15)39)25(43,23(41)31-2)26(29,44)24(28,42)10-34)22(40)46-9-14-16(30)18(36)13(19(37)20(14)38)7-32-3-5-45-6-4-32/h10,35-38,40,42-44H,1,3-9,27-29H2,2H3,(H,31,41)/b17-15-,22-12+. The third kappa shape index (κ3) is 6.01. The van der Waals surface area contributed by atoms with Crippen LogP contribution in [0.4, 0.5) is 4.39 Å². The lowest BCUT2D eigenvalue weighted by Crippen LogP contribution is -2.79. The van der Waals surface area contributed by atoms with Gasteiger partial charge in [0.25, 0.3) is 17.8 Å². The molecule has 248 valence electrons. The van der Waals surface area contributed by atoms with E-state index in [4.69, 9.17) is 9.47 Å². The second-order valence-corrected chi connectivity index (χ2v) is 11.3. The van der Waals surface area contributed by atoms with Crippen LogP contribution in [0.1, 0.15) is 11.1 Å². The molecule has 0 saturated carbocycles. The highest BCUT2D eigenvalue weighted by atomic mass is 19.1. The number of nitrogens with zero attached hydrogens (tertiary/aromatic N) is 2. The molecule has 2 heterocycles. The van der Waals surface area contributed by atoms with Gasteiger partial charge in [-0.25, -0.2) is 4.39 Å². The summed E-state index contributed by atoms with van der Waals surface area (Å²) >= 11 is 0. The van der Waals surface area contributed by atoms with Crippen LogP contribution >= 0.6 is 0 Å². The molecule has 2 saturated heterocycles. The van der Waals surface area contributed by atoms with Crippen LogP contribution in [0.2, 0.25) is 0 Å². The fourth-order valence-corrected chi connectivity index (χ4v) is 4.98. The van der Waals surface area contributed by atoms with Crippen molar-refractivity contribution in [2.45, 2.75) is 29.9 Å². The molecule has 0 bridgehead atoms. The number of allylic oxidation sites excluding steroid dienone is 1. The Kier molecular flexibility index (Phi) is 10.4. The van der Waals surface area contributed by atoms with E-state index in [9.17, 15) is 55.2 Å². The second kappa shape index (κ2) is 13.2. The highest BCUT2D eigenvalue weighted by Crippen LogP contribution is 2.44. The molecule has 0 radical (unpaired) electrons. The smallest absolute Gasteiger partial charge is 0.283 e. The van der Waals surface area contributed by atoms with E-state index in [1.54, 1.807) is 4.90 Å². The normalized spacial score (nSPS) is 21.8. The van der Waals surface area contributed by atoms with Gasteiger partial charge in [-0.2, -0.15) is 0 Å². The van der Waals surface area contributed by atoms with Gasteiger partial charge in [0, 0.05) is 26.7 Å². The molecule has 2 aliphatic rings. The Morgan fingerprint density at radius 3 is 2.20 bits per heavy atom. The second-order valence-electron chi connectivity index (χ2n) is 11.3. The van der Waals surface area contributed by atoms with Gasteiger partial charge in [-0.05, 0) is 0 Å². The summed E-state index contributed by atoms with van der Waals surface area (Å²) in [6, 6.07) is 0. The third-order valence-corrected chi connectivity index (χ3v) is 8.20. The average Bonchev–Trinajstić information content (AvgIpc) is 3.37. The van der Waals surface area contributed by atoms with E-state index < -0.39 is 93.2 Å². The maximum absolute atomic E-state index is 15.3. The highest BCUT2D eigenvalue weighted by Gasteiger charge is 2.66. The maximum Gasteiger partial charge on any atom is 0.283 e. The first kappa shape index (κ1) is 36.2. The van der Waals surface area contributed by atoms with Crippen LogP contribution in [0.25, 0.3) is 0 Å². The van der Waals surface area contributed by atoms with Crippen molar-refractivity contribution in [3.05, 3.63) is 51.8 Å². The summed E-state index contributed by atoms with van der Waals surface area (Å²) in [6.07, 6.45) is -0.182. The Balaban J connectivity index is 2.09. The van der Waals surface area contributed by atoms with Crippen LogP contribution in [-0.2, 0) is 37.0 Å². The number of aliphatic hydroxyl groups is 5. The molecule has 0 aromatic heterocycles. The number of phenols is 3. The molecule has 3 atom stereocenters. The summed E-state index contributed by atoms with van der Waals surface area (Å²) in [5.74, 6) is -9.28. The number of amides is 2. The van der Waals surface area contributed by atoms with E-state index in [0.717, 1.165) is 14.9 Å². The summed E-state index contributed by atoms with van der Waals surface area (Å²) in [5.41, 5.74) is -12.1. The van der Waals surface area contributed by atoms with Gasteiger partial charge in [0.1, 0.15) is 37.5 Å². The lowest BCUT2D eigenvalue weighted by atomic mass is 9.54. The van der Waals surface area contributed by atoms with Crippen LogP contribution in [0.5, 0.6) is 17.2 Å². The van der Waals surface area contributed by atoms with Gasteiger partial charge in [-0.3, -0.25) is 19.4 Å². The van der Waals surface area contributed by atoms with E-state index in [-0.39, 0.29) is 28.8 Å². The van der Waals surface area contributed by atoms with Gasteiger partial charge in [0.2, 0.25) is 5.72 Å². The number of likely N-dealkylation sites (tertiary alicyclic amines) is 1. The maximum atomic E-state index is 15.3. The minimum atomic E-state index is -3.44. The lowest BCUT2D eigenvalue weighted by molar-refractivity contribution is -0.223. The molecule has 1 aromatic rings. The van der Waals surface area contributed by atoms with Gasteiger partial charge in [-0.1, -0.05) is 5.47 Å². The SMILES string of the molecule is BC(=C)/C(O)=C1/C(=O)N(C(O)(C(=O)NC)C(B)(O)C(B)(O)C=O)C/C1=C(/O)OCc1c(O)c(O)c(CN2CCOCC2)c(O)c1F. The number of carbonyl (C=O) groups is 3. The van der Waals surface area contributed by atoms with E-state index in [1.165, 1.54) is 7.85 Å². The minimum absolute atomic E-state index is 0.136. The van der Waals surface area contributed by atoms with E-state index in [0.29, 0.717) is 34.1 Å². The van der Waals surface area contributed by atoms with E-state index >= 15 is 4.39 Å². The molecule has 3 rings (SSSR count). The first-order chi connectivity index (χ1) is 21.3. The number of phenolic OH excluding ortho intramolecular Hbond substituents is 3. The fourth-order valence-electron chi connectivity index (χ4n) is 4.98. The van der Waals surface area contributed by atoms with Gasteiger partial charge < -0.3 is 60.4 Å². The van der Waals surface area contributed by atoms with Gasteiger partial charge in [0.15, 0.2) is 38.8 Å². The monoisotopic (exact) mass is 649 g/mol. The molecule has 2 aliphatic heterocycles. The number of halogens is 1. The van der Waals surface area contributed by atoms with Crippen LogP contribution < -0.4 is 5.32 Å². The van der Waals surface area contributed by atoms with Gasteiger partial charge >= 0.3 is 0 Å². The number of morpholine rings is 1. The molecule has 2 amide bonds. The number of aliphatic hydroxyl groups excluding tert-OH is 2. The Morgan fingerprint density at radius 2 is 1.67 bits per heavy atom. The van der Waals surface area contributed by atoms with Crippen molar-refractivity contribution in [1.82, 2.24) is 15.1 Å². The number of aldehydes is 1. The van der Waals surface area contributed by atoms with Gasteiger partial charge in [-0.15, -0.1) is 6.58 Å². The summed E-state index contributed by atoms with van der Waals surface area (Å²) in [5, 5.41) is 88.6. The minimum Gasteiger partial charge on any atom is -0.508 e. The number of carbonyl (C=O) groups excluding carboxylic acids is 3. The Morgan fingerprint density at radius 1 is 1.11 bits per heavy atom. The number of aromatic hydroxyl groups is 3. The summed E-state index contributed by atoms with van der Waals surface area (Å²) < 4.78 is 25.7. The summed E-state index contributed by atoms with van der Waals surface area (Å²) in [4.78, 5) is 40.2. The number of ether oxygens (including phenoxy) is 2. The predicted octanol–water partition coefficient (Wildman–Crippen LogP) is -4.86. The van der Waals surface area contributed by atoms with E-state index in [2.05, 4.69) is 6.58 Å². The first-order valence-corrected chi connectivity index (χ1v) is 13.9. The van der Waals surface area contributed by atoms with Crippen LogP contribution in [-0.4, -0.2) is 149 Å². The number of likely N-dealkylation sites (N-methyl/N-ethyl adjacent to an activating group) is 1. The number of hydrogen-bond acceptors (Lipinski definition) is 14. The van der Waals surface area contributed by atoms with Crippen LogP contribution in [0.3, 0.4) is 0 Å². The zero-order valence-electron chi connectivity index (χ0n) is 25.6. The molecule has 16 nitrogen and oxygen atoms in total. The van der Waals surface area contributed by atoms with Crippen LogP contribution in [0, 0.1) is 5.82 Å². The molecule has 0 aliphatic carbocycles. The number of nitrogens with one attached hydrogen (secondary N) is 1. The lowest BCUT2D eigenvalue weighted by Gasteiger charge is -2.49. The molecule has 20 heteroatoms. The molecule has 2 fully saturated rings. The zero-order chi connectivity index (χ0) is 34.9. The van der Waals surface area contributed by atoms with Crippen molar-refractivity contribution in [1.29, 1.82) is 0 Å². The largest absolute Gasteiger partial charge is 0.508 e. The average molecular weight is 649 g/mol. The van der Waals surface area contributed by atoms with Crippen molar-refractivity contribution < 1.29 is 69.1 Å². The fraction of sp³-hybridized carbons (Fsp3) is 0.423. The number of hydrogen-bond donors (Lipinski definition) is 9. The molecule has 46 heavy (non-hydrogen) atoms. The number of benzene rings is 1. The number of rotatable bonds is 11. The van der Waals surface area contributed by atoms with Gasteiger partial charge in [0.05, 0.1) is 42.0 Å². The quantitative estimate of drug-likeness (QED) is 0.0273. The van der Waals surface area contributed by atoms with Crippen molar-refractivity contribution in [2.24, 2.45) is 0 Å². The molecule has 9 N–H and O–H groups in total. The molecule has 1 aromatic carbocycles. The highest BCUT2D eigenvalue weighted by molar-refractivity contribution is 6.33. The van der Waals surface area contributed by atoms with Crippen molar-refractivity contribution in [3.63, 3.8) is 0 Å². The van der Waals surface area contributed by atoms with E-state index in [1.807, 2.05) is 5.32 Å². The van der Waals surface area contributed by atoms with Crippen molar-refractivity contribution in [2.75, 3.05) is 39.9 Å². The summed E-state index contributed by atoms with van der Waals surface area (Å²) in [7, 11) is 3.71. The van der Waals surface area contributed by atoms with Crippen molar-refractivity contribution in [3.8, 4) is 17.2 Å². The Labute approximate surface area is 264 Å². The van der Waals surface area contributed by atoms with Crippen molar-refractivity contribution >= 4 is 41.6 Å². The zero-order valence-corrected chi connectivity index (χ0v) is 25.6.